The van der Waals surface area contributed by atoms with Crippen molar-refractivity contribution < 1.29 is 9.59 Å². The van der Waals surface area contributed by atoms with Gasteiger partial charge in [0, 0.05) is 43.3 Å². The molecule has 0 saturated heterocycles. The lowest BCUT2D eigenvalue weighted by molar-refractivity contribution is -0.120. The van der Waals surface area contributed by atoms with E-state index in [9.17, 15) is 9.59 Å². The first-order valence-electron chi connectivity index (χ1n) is 9.78. The van der Waals surface area contributed by atoms with Crippen LogP contribution >= 0.6 is 0 Å². The van der Waals surface area contributed by atoms with E-state index in [1.54, 1.807) is 34.8 Å². The number of carbonyl (C=O) groups is 2. The van der Waals surface area contributed by atoms with Crippen molar-refractivity contribution in [3.63, 3.8) is 0 Å². The first-order chi connectivity index (χ1) is 15.0. The van der Waals surface area contributed by atoms with Crippen LogP contribution in [0.15, 0.2) is 73.2 Å². The summed E-state index contributed by atoms with van der Waals surface area (Å²) in [6.45, 7) is 0. The van der Waals surface area contributed by atoms with Crippen LogP contribution in [0.2, 0.25) is 0 Å². The zero-order chi connectivity index (χ0) is 21.8. The average Bonchev–Trinajstić information content (AvgIpc) is 3.40. The van der Waals surface area contributed by atoms with Crippen LogP contribution in [0.3, 0.4) is 0 Å². The molecule has 0 aliphatic rings. The molecule has 8 heteroatoms. The quantitative estimate of drug-likeness (QED) is 0.507. The van der Waals surface area contributed by atoms with Gasteiger partial charge in [-0.2, -0.15) is 5.10 Å². The highest BCUT2D eigenvalue weighted by atomic mass is 16.2. The first-order valence-corrected chi connectivity index (χ1v) is 9.78. The number of aryl methyl sites for hydroxylation is 1. The summed E-state index contributed by atoms with van der Waals surface area (Å²) in [7, 11) is 3.42. The van der Waals surface area contributed by atoms with E-state index in [-0.39, 0.29) is 18.2 Å². The molecule has 2 N–H and O–H groups in total. The molecule has 0 radical (unpaired) electrons. The summed E-state index contributed by atoms with van der Waals surface area (Å²) in [6, 6.07) is 16.8. The lowest BCUT2D eigenvalue weighted by Gasteiger charge is -2.09. The topological polar surface area (TPSA) is 93.8 Å². The molecule has 0 aliphatic heterocycles. The van der Waals surface area contributed by atoms with E-state index in [0.29, 0.717) is 17.2 Å². The Morgan fingerprint density at radius 2 is 1.81 bits per heavy atom. The second-order valence-electron chi connectivity index (χ2n) is 7.05. The summed E-state index contributed by atoms with van der Waals surface area (Å²) in [6.07, 6.45) is 5.52. The van der Waals surface area contributed by atoms with Gasteiger partial charge in [-0.15, -0.1) is 0 Å². The number of likely N-dealkylation sites (N-methyl/N-ethyl adjacent to an activating group) is 1. The minimum absolute atomic E-state index is 0.121. The largest absolute Gasteiger partial charge is 0.359 e. The summed E-state index contributed by atoms with van der Waals surface area (Å²) >= 11 is 0. The third-order valence-electron chi connectivity index (χ3n) is 4.80. The second kappa shape index (κ2) is 8.66. The van der Waals surface area contributed by atoms with Crippen LogP contribution in [0, 0.1) is 0 Å². The molecule has 4 aromatic rings. The van der Waals surface area contributed by atoms with E-state index in [4.69, 9.17) is 0 Å². The van der Waals surface area contributed by atoms with E-state index in [2.05, 4.69) is 20.7 Å². The molecule has 31 heavy (non-hydrogen) atoms. The smallest absolute Gasteiger partial charge is 0.258 e. The number of rotatable bonds is 6. The number of imidazole rings is 1. The molecule has 0 fully saturated rings. The first kappa shape index (κ1) is 20.1. The van der Waals surface area contributed by atoms with Gasteiger partial charge < -0.3 is 5.32 Å². The van der Waals surface area contributed by atoms with Gasteiger partial charge in [0.15, 0.2) is 0 Å². The zero-order valence-corrected chi connectivity index (χ0v) is 17.2. The fraction of sp³-hybridized carbons (Fsp3) is 0.130. The van der Waals surface area contributed by atoms with Gasteiger partial charge in [-0.05, 0) is 29.8 Å². The molecule has 8 nitrogen and oxygen atoms in total. The Balaban J connectivity index is 1.64. The average molecular weight is 414 g/mol. The van der Waals surface area contributed by atoms with E-state index in [0.717, 1.165) is 16.8 Å². The maximum Gasteiger partial charge on any atom is 0.258 e. The summed E-state index contributed by atoms with van der Waals surface area (Å²) in [5, 5.41) is 9.65. The van der Waals surface area contributed by atoms with Gasteiger partial charge in [-0.1, -0.05) is 30.3 Å². The molecule has 0 saturated carbocycles. The van der Waals surface area contributed by atoms with Gasteiger partial charge in [0.05, 0.1) is 18.3 Å². The number of hydrogen-bond acceptors (Lipinski definition) is 4. The molecule has 2 heterocycles. The standard InChI is InChI=1S/C23H22N6O2/c1-24-21(30)12-19-15-29(20-9-4-3-5-10-20)23(26-19)27-22(31)17-8-6-7-16(11-17)18-13-25-28(2)14-18/h3-11,13-15H,12H2,1-2H3,(H,24,30)(H,26,27,31). The van der Waals surface area contributed by atoms with Crippen LogP contribution in [-0.4, -0.2) is 38.2 Å². The SMILES string of the molecule is CNC(=O)Cc1cn(-c2ccccc2)c(NC(=O)c2cccc(-c3cnn(C)c3)c2)n1. The molecule has 0 atom stereocenters. The molecule has 0 unspecified atom stereocenters. The summed E-state index contributed by atoms with van der Waals surface area (Å²) in [5.41, 5.74) is 3.71. The van der Waals surface area contributed by atoms with Crippen LogP contribution < -0.4 is 10.6 Å². The minimum atomic E-state index is -0.292. The molecule has 2 aromatic carbocycles. The highest BCUT2D eigenvalue weighted by Gasteiger charge is 2.16. The molecular formula is C23H22N6O2. The predicted molar refractivity (Wildman–Crippen MR) is 118 cm³/mol. The molecule has 2 aromatic heterocycles. The highest BCUT2D eigenvalue weighted by Crippen LogP contribution is 2.21. The fourth-order valence-corrected chi connectivity index (χ4v) is 3.22. The molecule has 2 amide bonds. The molecule has 0 spiro atoms. The maximum atomic E-state index is 13.0. The van der Waals surface area contributed by atoms with Crippen LogP contribution in [0.1, 0.15) is 16.1 Å². The monoisotopic (exact) mass is 414 g/mol. The van der Waals surface area contributed by atoms with Crippen LogP contribution in [0.5, 0.6) is 0 Å². The Morgan fingerprint density at radius 1 is 1.00 bits per heavy atom. The van der Waals surface area contributed by atoms with Crippen molar-refractivity contribution in [3.8, 4) is 16.8 Å². The van der Waals surface area contributed by atoms with E-state index in [1.165, 1.54) is 0 Å². The van der Waals surface area contributed by atoms with Crippen molar-refractivity contribution in [2.24, 2.45) is 7.05 Å². The summed E-state index contributed by atoms with van der Waals surface area (Å²) in [5.74, 6) is -0.0957. The molecule has 0 aliphatic carbocycles. The van der Waals surface area contributed by atoms with E-state index < -0.39 is 0 Å². The summed E-state index contributed by atoms with van der Waals surface area (Å²) in [4.78, 5) is 29.3. The van der Waals surface area contributed by atoms with Crippen molar-refractivity contribution in [1.29, 1.82) is 0 Å². The van der Waals surface area contributed by atoms with Gasteiger partial charge in [0.1, 0.15) is 0 Å². The van der Waals surface area contributed by atoms with Gasteiger partial charge in [0.25, 0.3) is 5.91 Å². The molecule has 0 bridgehead atoms. The van der Waals surface area contributed by atoms with Crippen LogP contribution in [-0.2, 0) is 18.3 Å². The summed E-state index contributed by atoms with van der Waals surface area (Å²) < 4.78 is 3.48. The molecule has 4 rings (SSSR count). The molecule has 156 valence electrons. The van der Waals surface area contributed by atoms with Crippen LogP contribution in [0.25, 0.3) is 16.8 Å². The predicted octanol–water partition coefficient (Wildman–Crippen LogP) is 2.81. The highest BCUT2D eigenvalue weighted by molar-refractivity contribution is 6.04. The number of amides is 2. The number of nitrogens with one attached hydrogen (secondary N) is 2. The van der Waals surface area contributed by atoms with Crippen LogP contribution in [0.4, 0.5) is 5.95 Å². The Morgan fingerprint density at radius 3 is 2.52 bits per heavy atom. The Bertz CT molecular complexity index is 1230. The van der Waals surface area contributed by atoms with Crippen molar-refractivity contribution in [1.82, 2.24) is 24.6 Å². The molecular weight excluding hydrogens is 392 g/mol. The number of aromatic nitrogens is 4. The van der Waals surface area contributed by atoms with Gasteiger partial charge in [-0.3, -0.25) is 24.2 Å². The number of hydrogen-bond donors (Lipinski definition) is 2. The second-order valence-corrected chi connectivity index (χ2v) is 7.05. The number of para-hydroxylation sites is 1. The number of benzene rings is 2. The Hall–Kier alpha value is -4.20. The minimum Gasteiger partial charge on any atom is -0.359 e. The van der Waals surface area contributed by atoms with Gasteiger partial charge in [0.2, 0.25) is 11.9 Å². The third-order valence-corrected chi connectivity index (χ3v) is 4.80. The van der Waals surface area contributed by atoms with E-state index in [1.807, 2.05) is 61.8 Å². The number of carbonyl (C=O) groups excluding carboxylic acids is 2. The van der Waals surface area contributed by atoms with Crippen molar-refractivity contribution in [2.45, 2.75) is 6.42 Å². The third kappa shape index (κ3) is 4.53. The Kier molecular flexibility index (Phi) is 5.61. The fourth-order valence-electron chi connectivity index (χ4n) is 3.22. The van der Waals surface area contributed by atoms with Crippen molar-refractivity contribution in [2.75, 3.05) is 12.4 Å². The zero-order valence-electron chi connectivity index (χ0n) is 17.2. The van der Waals surface area contributed by atoms with Crippen molar-refractivity contribution in [3.05, 3.63) is 84.4 Å². The van der Waals surface area contributed by atoms with Gasteiger partial charge >= 0.3 is 0 Å². The van der Waals surface area contributed by atoms with E-state index >= 15 is 0 Å². The Labute approximate surface area is 179 Å². The maximum absolute atomic E-state index is 13.0. The number of nitrogens with zero attached hydrogens (tertiary/aromatic N) is 4. The van der Waals surface area contributed by atoms with Crippen molar-refractivity contribution >= 4 is 17.8 Å². The van der Waals surface area contributed by atoms with Gasteiger partial charge in [-0.25, -0.2) is 4.98 Å². The normalized spacial score (nSPS) is 10.6. The number of anilines is 1. The lowest BCUT2D eigenvalue weighted by atomic mass is 10.1. The lowest BCUT2D eigenvalue weighted by Crippen LogP contribution is -2.20.